The number of rotatable bonds is 6. The Kier molecular flexibility index (Phi) is 4.78. The Morgan fingerprint density at radius 3 is 2.78 bits per heavy atom. The van der Waals surface area contributed by atoms with Crippen molar-refractivity contribution in [2.24, 2.45) is 0 Å². The molecule has 0 aromatic heterocycles. The van der Waals surface area contributed by atoms with Gasteiger partial charge in [0.05, 0.1) is 6.54 Å². The van der Waals surface area contributed by atoms with E-state index in [0.717, 1.165) is 23.7 Å². The largest absolute Gasteiger partial charge is 0.352 e. The molecule has 0 aliphatic heterocycles. The molecule has 3 nitrogen and oxygen atoms in total. The monoisotopic (exact) mass is 310 g/mol. The Morgan fingerprint density at radius 1 is 1.44 bits per heavy atom. The summed E-state index contributed by atoms with van der Waals surface area (Å²) in [6.07, 6.45) is 3.22. The highest BCUT2D eigenvalue weighted by molar-refractivity contribution is 9.10. The lowest BCUT2D eigenvalue weighted by Crippen LogP contribution is -2.36. The van der Waals surface area contributed by atoms with Crippen LogP contribution in [-0.2, 0) is 4.79 Å². The van der Waals surface area contributed by atoms with E-state index < -0.39 is 0 Å². The highest BCUT2D eigenvalue weighted by Gasteiger charge is 2.23. The van der Waals surface area contributed by atoms with E-state index in [9.17, 15) is 4.79 Å². The zero-order valence-corrected chi connectivity index (χ0v) is 12.2. The minimum absolute atomic E-state index is 0.100. The van der Waals surface area contributed by atoms with Crippen LogP contribution in [0.25, 0.3) is 0 Å². The van der Waals surface area contributed by atoms with Crippen molar-refractivity contribution in [1.82, 2.24) is 10.6 Å². The summed E-state index contributed by atoms with van der Waals surface area (Å²) in [6.45, 7) is 2.51. The number of carbonyl (C=O) groups excluding carboxylic acids is 1. The standard InChI is InChI=1S/C14H19BrN2O/c1-2-13(11-5-3-4-6-12(11)15)16-9-14(18)17-10-7-8-10/h3-6,10,13,16H,2,7-9H2,1H3,(H,17,18)/t13-/m1/s1. The van der Waals surface area contributed by atoms with E-state index in [-0.39, 0.29) is 11.9 Å². The van der Waals surface area contributed by atoms with E-state index in [1.54, 1.807) is 0 Å². The first-order valence-corrected chi connectivity index (χ1v) is 7.27. The summed E-state index contributed by atoms with van der Waals surface area (Å²) < 4.78 is 1.09. The number of benzene rings is 1. The number of carbonyl (C=O) groups is 1. The van der Waals surface area contributed by atoms with Crippen molar-refractivity contribution in [2.45, 2.75) is 38.3 Å². The summed E-state index contributed by atoms with van der Waals surface area (Å²) in [5.41, 5.74) is 1.21. The Labute approximate surface area is 116 Å². The average molecular weight is 311 g/mol. The molecule has 1 saturated carbocycles. The number of amides is 1. The van der Waals surface area contributed by atoms with Crippen molar-refractivity contribution < 1.29 is 4.79 Å². The van der Waals surface area contributed by atoms with Gasteiger partial charge in [0.1, 0.15) is 0 Å². The molecule has 1 atom stereocenters. The minimum atomic E-state index is 0.100. The quantitative estimate of drug-likeness (QED) is 0.848. The highest BCUT2D eigenvalue weighted by atomic mass is 79.9. The van der Waals surface area contributed by atoms with Crippen LogP contribution in [0, 0.1) is 0 Å². The Hall–Kier alpha value is -0.870. The molecule has 98 valence electrons. The van der Waals surface area contributed by atoms with Crippen LogP contribution in [0.5, 0.6) is 0 Å². The Bertz CT molecular complexity index is 418. The summed E-state index contributed by atoms with van der Waals surface area (Å²) in [5.74, 6) is 0.100. The molecule has 1 amide bonds. The maximum atomic E-state index is 11.6. The summed E-state index contributed by atoms with van der Waals surface area (Å²) in [5, 5.41) is 6.30. The van der Waals surface area contributed by atoms with E-state index in [2.05, 4.69) is 39.6 Å². The number of halogens is 1. The van der Waals surface area contributed by atoms with Gasteiger partial charge in [-0.3, -0.25) is 4.79 Å². The molecule has 18 heavy (non-hydrogen) atoms. The van der Waals surface area contributed by atoms with Crippen molar-refractivity contribution >= 4 is 21.8 Å². The first-order chi connectivity index (χ1) is 8.70. The van der Waals surface area contributed by atoms with Crippen molar-refractivity contribution in [3.8, 4) is 0 Å². The van der Waals surface area contributed by atoms with Crippen molar-refractivity contribution in [1.29, 1.82) is 0 Å². The highest BCUT2D eigenvalue weighted by Crippen LogP contribution is 2.25. The lowest BCUT2D eigenvalue weighted by molar-refractivity contribution is -0.120. The zero-order chi connectivity index (χ0) is 13.0. The first-order valence-electron chi connectivity index (χ1n) is 6.48. The molecular formula is C14H19BrN2O. The molecule has 0 bridgehead atoms. The van der Waals surface area contributed by atoms with Gasteiger partial charge in [-0.2, -0.15) is 0 Å². The zero-order valence-electron chi connectivity index (χ0n) is 10.6. The molecule has 1 fully saturated rings. The van der Waals surface area contributed by atoms with Crippen molar-refractivity contribution in [3.05, 3.63) is 34.3 Å². The number of hydrogen-bond acceptors (Lipinski definition) is 2. The summed E-state index contributed by atoms with van der Waals surface area (Å²) in [6, 6.07) is 8.79. The van der Waals surface area contributed by atoms with Crippen LogP contribution >= 0.6 is 15.9 Å². The molecular weight excluding hydrogens is 292 g/mol. The van der Waals surface area contributed by atoms with Crippen LogP contribution in [0.2, 0.25) is 0 Å². The van der Waals surface area contributed by atoms with Gasteiger partial charge in [-0.1, -0.05) is 41.1 Å². The molecule has 1 aliphatic carbocycles. The molecule has 0 heterocycles. The molecule has 1 aliphatic rings. The SMILES string of the molecule is CC[C@@H](NCC(=O)NC1CC1)c1ccccc1Br. The fraction of sp³-hybridized carbons (Fsp3) is 0.500. The van der Waals surface area contributed by atoms with Crippen LogP contribution < -0.4 is 10.6 Å². The van der Waals surface area contributed by atoms with Crippen LogP contribution in [0.4, 0.5) is 0 Å². The second-order valence-electron chi connectivity index (χ2n) is 4.71. The van der Waals surface area contributed by atoms with E-state index in [1.807, 2.05) is 18.2 Å². The average Bonchev–Trinajstić information content (AvgIpc) is 3.16. The van der Waals surface area contributed by atoms with Crippen LogP contribution in [0.1, 0.15) is 37.8 Å². The third kappa shape index (κ3) is 3.82. The summed E-state index contributed by atoms with van der Waals surface area (Å²) in [7, 11) is 0. The topological polar surface area (TPSA) is 41.1 Å². The van der Waals surface area contributed by atoms with Gasteiger partial charge in [0.25, 0.3) is 0 Å². The second-order valence-corrected chi connectivity index (χ2v) is 5.56. The van der Waals surface area contributed by atoms with Crippen LogP contribution in [0.3, 0.4) is 0 Å². The molecule has 0 unspecified atom stereocenters. The van der Waals surface area contributed by atoms with Crippen molar-refractivity contribution in [2.75, 3.05) is 6.54 Å². The Morgan fingerprint density at radius 2 is 2.17 bits per heavy atom. The third-order valence-corrected chi connectivity index (χ3v) is 3.86. The molecule has 0 spiro atoms. The Balaban J connectivity index is 1.88. The van der Waals surface area contributed by atoms with Crippen molar-refractivity contribution in [3.63, 3.8) is 0 Å². The molecule has 2 N–H and O–H groups in total. The summed E-state index contributed by atoms with van der Waals surface area (Å²) >= 11 is 3.55. The van der Waals surface area contributed by atoms with Gasteiger partial charge in [0, 0.05) is 16.6 Å². The van der Waals surface area contributed by atoms with Gasteiger partial charge < -0.3 is 10.6 Å². The smallest absolute Gasteiger partial charge is 0.234 e. The summed E-state index contributed by atoms with van der Waals surface area (Å²) in [4.78, 5) is 11.6. The van der Waals surface area contributed by atoms with Crippen LogP contribution in [0.15, 0.2) is 28.7 Å². The van der Waals surface area contributed by atoms with Gasteiger partial charge in [0.15, 0.2) is 0 Å². The van der Waals surface area contributed by atoms with E-state index >= 15 is 0 Å². The fourth-order valence-corrected chi connectivity index (χ4v) is 2.52. The molecule has 2 rings (SSSR count). The van der Waals surface area contributed by atoms with E-state index in [1.165, 1.54) is 5.56 Å². The predicted molar refractivity (Wildman–Crippen MR) is 76.3 cm³/mol. The molecule has 0 radical (unpaired) electrons. The number of hydrogen-bond donors (Lipinski definition) is 2. The lowest BCUT2D eigenvalue weighted by Gasteiger charge is -2.18. The van der Waals surface area contributed by atoms with E-state index in [0.29, 0.717) is 12.6 Å². The second kappa shape index (κ2) is 6.34. The van der Waals surface area contributed by atoms with Gasteiger partial charge in [0.2, 0.25) is 5.91 Å². The molecule has 1 aromatic rings. The predicted octanol–water partition coefficient (Wildman–Crippen LogP) is 2.77. The lowest BCUT2D eigenvalue weighted by atomic mass is 10.0. The van der Waals surface area contributed by atoms with Gasteiger partial charge >= 0.3 is 0 Å². The molecule has 4 heteroatoms. The maximum absolute atomic E-state index is 11.6. The molecule has 0 saturated heterocycles. The first kappa shape index (κ1) is 13.6. The van der Waals surface area contributed by atoms with Gasteiger partial charge in [-0.05, 0) is 30.9 Å². The number of nitrogens with one attached hydrogen (secondary N) is 2. The maximum Gasteiger partial charge on any atom is 0.234 e. The van der Waals surface area contributed by atoms with E-state index in [4.69, 9.17) is 0 Å². The normalized spacial score (nSPS) is 16.3. The fourth-order valence-electron chi connectivity index (χ4n) is 1.95. The van der Waals surface area contributed by atoms with Crippen LogP contribution in [-0.4, -0.2) is 18.5 Å². The third-order valence-electron chi connectivity index (χ3n) is 3.14. The van der Waals surface area contributed by atoms with Gasteiger partial charge in [-0.15, -0.1) is 0 Å². The molecule has 1 aromatic carbocycles. The minimum Gasteiger partial charge on any atom is -0.352 e. The van der Waals surface area contributed by atoms with Gasteiger partial charge in [-0.25, -0.2) is 0 Å².